The normalized spacial score (nSPS) is 53.7. The van der Waals surface area contributed by atoms with Gasteiger partial charge >= 0.3 is 0 Å². The summed E-state index contributed by atoms with van der Waals surface area (Å²) in [6.07, 6.45) is 7.61. The van der Waals surface area contributed by atoms with Gasteiger partial charge in [-0.1, -0.05) is 27.7 Å². The van der Waals surface area contributed by atoms with Gasteiger partial charge in [-0.15, -0.1) is 0 Å². The molecule has 0 N–H and O–H groups in total. The van der Waals surface area contributed by atoms with Crippen LogP contribution in [0.5, 0.6) is 0 Å². The summed E-state index contributed by atoms with van der Waals surface area (Å²) in [6.45, 7) is 11.2. The van der Waals surface area contributed by atoms with Crippen molar-refractivity contribution in [2.75, 3.05) is 6.54 Å². The first kappa shape index (κ1) is 11.8. The Hall–Kier alpha value is -0.0400. The molecule has 0 aromatic heterocycles. The molecular weight excluding hydrogens is 218 g/mol. The van der Waals surface area contributed by atoms with Gasteiger partial charge in [0.2, 0.25) is 0 Å². The minimum atomic E-state index is 0.519. The molecule has 1 heterocycles. The lowest BCUT2D eigenvalue weighted by molar-refractivity contribution is 0.0442. The maximum absolute atomic E-state index is 2.93. The Labute approximate surface area is 112 Å². The summed E-state index contributed by atoms with van der Waals surface area (Å²) in [6, 6.07) is 1.88. The zero-order valence-corrected chi connectivity index (χ0v) is 12.6. The average molecular weight is 247 g/mol. The molecule has 4 aliphatic rings. The van der Waals surface area contributed by atoms with E-state index < -0.39 is 0 Å². The van der Waals surface area contributed by atoms with E-state index in [0.717, 1.165) is 35.3 Å². The molecule has 1 aliphatic heterocycles. The predicted molar refractivity (Wildman–Crippen MR) is 75.4 cm³/mol. The van der Waals surface area contributed by atoms with Gasteiger partial charge in [0.05, 0.1) is 0 Å². The van der Waals surface area contributed by atoms with Crippen LogP contribution in [0.4, 0.5) is 0 Å². The van der Waals surface area contributed by atoms with Gasteiger partial charge < -0.3 is 0 Å². The van der Waals surface area contributed by atoms with E-state index in [2.05, 4.69) is 32.6 Å². The Bertz CT molecular complexity index is 374. The third-order valence-corrected chi connectivity index (χ3v) is 7.54. The zero-order chi connectivity index (χ0) is 12.7. The first-order chi connectivity index (χ1) is 8.56. The quantitative estimate of drug-likeness (QED) is 0.730. The van der Waals surface area contributed by atoms with E-state index in [0.29, 0.717) is 5.41 Å². The standard InChI is InChI=1S/C17H29N/c1-5-16(3,4)15-14-11-7-8-12(9-11)17(14)10-13(17)18(15)6-2/h11-15H,5-10H2,1-4H3. The van der Waals surface area contributed by atoms with Crippen molar-refractivity contribution in [3.63, 3.8) is 0 Å². The molecule has 18 heavy (non-hydrogen) atoms. The number of rotatable bonds is 3. The highest BCUT2D eigenvalue weighted by molar-refractivity contribution is 5.30. The van der Waals surface area contributed by atoms with E-state index in [1.807, 2.05) is 0 Å². The number of nitrogens with zero attached hydrogens (tertiary/aromatic N) is 1. The van der Waals surface area contributed by atoms with Crippen LogP contribution >= 0.6 is 0 Å². The molecule has 3 saturated carbocycles. The summed E-state index contributed by atoms with van der Waals surface area (Å²) >= 11 is 0. The molecule has 1 heteroatoms. The van der Waals surface area contributed by atoms with Crippen LogP contribution < -0.4 is 0 Å². The molecule has 0 aromatic rings. The van der Waals surface area contributed by atoms with Crippen LogP contribution in [0.25, 0.3) is 0 Å². The number of likely N-dealkylation sites (tertiary alicyclic amines) is 1. The van der Waals surface area contributed by atoms with Crippen molar-refractivity contribution < 1.29 is 0 Å². The van der Waals surface area contributed by atoms with E-state index >= 15 is 0 Å². The van der Waals surface area contributed by atoms with Crippen molar-refractivity contribution in [1.29, 1.82) is 0 Å². The van der Waals surface area contributed by atoms with Crippen LogP contribution in [0, 0.1) is 28.6 Å². The van der Waals surface area contributed by atoms with Crippen LogP contribution in [0.3, 0.4) is 0 Å². The van der Waals surface area contributed by atoms with E-state index in [1.165, 1.54) is 13.0 Å². The van der Waals surface area contributed by atoms with Gasteiger partial charge in [0.25, 0.3) is 0 Å². The molecule has 0 aromatic carbocycles. The second-order valence-corrected chi connectivity index (χ2v) is 8.25. The van der Waals surface area contributed by atoms with E-state index in [-0.39, 0.29) is 0 Å². The minimum absolute atomic E-state index is 0.519. The molecule has 4 rings (SSSR count). The Morgan fingerprint density at radius 3 is 2.67 bits per heavy atom. The van der Waals surface area contributed by atoms with Gasteiger partial charge in [0.1, 0.15) is 0 Å². The van der Waals surface area contributed by atoms with E-state index in [4.69, 9.17) is 0 Å². The Morgan fingerprint density at radius 2 is 2.00 bits per heavy atom. The van der Waals surface area contributed by atoms with Crippen molar-refractivity contribution in [3.8, 4) is 0 Å². The summed E-state index contributed by atoms with van der Waals surface area (Å²) in [5.41, 5.74) is 1.33. The van der Waals surface area contributed by atoms with Crippen LogP contribution in [0.1, 0.15) is 59.8 Å². The van der Waals surface area contributed by atoms with Crippen molar-refractivity contribution >= 4 is 0 Å². The molecule has 1 nitrogen and oxygen atoms in total. The van der Waals surface area contributed by atoms with Crippen LogP contribution in [0.15, 0.2) is 0 Å². The second kappa shape index (κ2) is 3.34. The van der Waals surface area contributed by atoms with E-state index in [1.54, 1.807) is 25.7 Å². The highest BCUT2D eigenvalue weighted by Gasteiger charge is 2.78. The smallest absolute Gasteiger partial charge is 0.0186 e. The van der Waals surface area contributed by atoms with Gasteiger partial charge in [0.15, 0.2) is 0 Å². The first-order valence-electron chi connectivity index (χ1n) is 8.32. The molecule has 102 valence electrons. The third kappa shape index (κ3) is 1.10. The summed E-state index contributed by atoms with van der Waals surface area (Å²) in [5, 5.41) is 0. The Kier molecular flexibility index (Phi) is 2.18. The molecule has 3 aliphatic carbocycles. The third-order valence-electron chi connectivity index (χ3n) is 7.54. The minimum Gasteiger partial charge on any atom is -0.296 e. The largest absolute Gasteiger partial charge is 0.296 e. The average Bonchev–Trinajstić information content (AvgIpc) is 2.75. The Balaban J connectivity index is 1.75. The van der Waals surface area contributed by atoms with Gasteiger partial charge in [-0.25, -0.2) is 0 Å². The zero-order valence-electron chi connectivity index (χ0n) is 12.6. The fourth-order valence-electron chi connectivity index (χ4n) is 6.55. The first-order valence-corrected chi connectivity index (χ1v) is 8.32. The summed E-state index contributed by atoms with van der Waals surface area (Å²) in [7, 11) is 0. The molecule has 2 bridgehead atoms. The fourth-order valence-corrected chi connectivity index (χ4v) is 6.55. The van der Waals surface area contributed by atoms with Crippen LogP contribution in [-0.4, -0.2) is 23.5 Å². The fraction of sp³-hybridized carbons (Fsp3) is 1.00. The molecule has 0 radical (unpaired) electrons. The molecule has 6 unspecified atom stereocenters. The second-order valence-electron chi connectivity index (χ2n) is 8.25. The van der Waals surface area contributed by atoms with Gasteiger partial charge in [-0.3, -0.25) is 4.90 Å². The summed E-state index contributed by atoms with van der Waals surface area (Å²) in [5.74, 6) is 3.27. The van der Waals surface area contributed by atoms with Crippen molar-refractivity contribution in [2.24, 2.45) is 28.6 Å². The highest BCUT2D eigenvalue weighted by Crippen LogP contribution is 2.78. The lowest BCUT2D eigenvalue weighted by Gasteiger charge is -2.45. The monoisotopic (exact) mass is 247 g/mol. The lowest BCUT2D eigenvalue weighted by atomic mass is 9.66. The van der Waals surface area contributed by atoms with Gasteiger partial charge in [-0.2, -0.15) is 0 Å². The molecule has 1 saturated heterocycles. The van der Waals surface area contributed by atoms with Crippen molar-refractivity contribution in [3.05, 3.63) is 0 Å². The molecule has 6 atom stereocenters. The van der Waals surface area contributed by atoms with Crippen molar-refractivity contribution in [2.45, 2.75) is 71.9 Å². The molecule has 4 fully saturated rings. The topological polar surface area (TPSA) is 3.24 Å². The number of fused-ring (bicyclic) bond motifs is 3. The molecule has 0 amide bonds. The SMILES string of the molecule is CCN1C(C(C)(C)CC)C2C3CCC(C3)C23CC13. The lowest BCUT2D eigenvalue weighted by Crippen LogP contribution is -2.48. The van der Waals surface area contributed by atoms with Crippen LogP contribution in [-0.2, 0) is 0 Å². The van der Waals surface area contributed by atoms with Gasteiger partial charge in [-0.05, 0) is 67.2 Å². The van der Waals surface area contributed by atoms with Gasteiger partial charge in [0, 0.05) is 12.1 Å². The van der Waals surface area contributed by atoms with E-state index in [9.17, 15) is 0 Å². The highest BCUT2D eigenvalue weighted by atomic mass is 15.3. The van der Waals surface area contributed by atoms with Crippen molar-refractivity contribution in [1.82, 2.24) is 4.90 Å². The number of piperidine rings is 1. The summed E-state index contributed by atoms with van der Waals surface area (Å²) < 4.78 is 0. The molecular formula is C17H29N. The van der Waals surface area contributed by atoms with Crippen LogP contribution in [0.2, 0.25) is 0 Å². The predicted octanol–water partition coefficient (Wildman–Crippen LogP) is 3.93. The Morgan fingerprint density at radius 1 is 1.22 bits per heavy atom. The number of hydrogen-bond donors (Lipinski definition) is 0. The number of hydrogen-bond acceptors (Lipinski definition) is 1. The maximum Gasteiger partial charge on any atom is 0.0186 e. The maximum atomic E-state index is 2.93. The molecule has 1 spiro atoms. The summed E-state index contributed by atoms with van der Waals surface area (Å²) in [4.78, 5) is 2.93.